The smallest absolute Gasteiger partial charge is 0.407 e. The molecule has 1 heterocycles. The number of aromatic amines is 1. The minimum Gasteiger partial charge on any atom is -0.449 e. The first-order valence-electron chi connectivity index (χ1n) is 10.6. The van der Waals surface area contributed by atoms with Gasteiger partial charge in [0.2, 0.25) is 5.91 Å². The number of anilines is 1. The zero-order chi connectivity index (χ0) is 23.1. The minimum absolute atomic E-state index is 0.000562. The Morgan fingerprint density at radius 3 is 2.72 bits per heavy atom. The van der Waals surface area contributed by atoms with Crippen molar-refractivity contribution in [3.8, 4) is 0 Å². The maximum atomic E-state index is 13.3. The number of rotatable bonds is 9. The summed E-state index contributed by atoms with van der Waals surface area (Å²) in [5, 5.41) is 21.3. The van der Waals surface area contributed by atoms with Gasteiger partial charge in [0.15, 0.2) is 5.82 Å². The van der Waals surface area contributed by atoms with Crippen LogP contribution < -0.4 is 10.6 Å². The molecule has 2 aromatic rings. The number of carbonyl (C=O) groups excluding carboxylic acids is 2. The Kier molecular flexibility index (Phi) is 8.15. The number of ether oxygens (including phenoxy) is 1. The lowest BCUT2D eigenvalue weighted by Gasteiger charge is -2.13. The van der Waals surface area contributed by atoms with Crippen molar-refractivity contribution >= 4 is 17.8 Å². The van der Waals surface area contributed by atoms with Crippen LogP contribution in [0.5, 0.6) is 0 Å². The molecule has 1 aromatic carbocycles. The van der Waals surface area contributed by atoms with Crippen molar-refractivity contribution in [2.75, 3.05) is 25.1 Å². The third-order valence-electron chi connectivity index (χ3n) is 5.49. The van der Waals surface area contributed by atoms with E-state index < -0.39 is 23.6 Å². The second-order valence-corrected chi connectivity index (χ2v) is 8.35. The van der Waals surface area contributed by atoms with Crippen molar-refractivity contribution in [2.45, 2.75) is 38.5 Å². The zero-order valence-electron chi connectivity index (χ0n) is 17.9. The maximum absolute atomic E-state index is 13.3. The minimum atomic E-state index is -0.730. The molecule has 10 heteroatoms. The highest BCUT2D eigenvalue weighted by molar-refractivity contribution is 5.91. The van der Waals surface area contributed by atoms with Gasteiger partial charge in [-0.2, -0.15) is 5.10 Å². The molecule has 174 valence electrons. The van der Waals surface area contributed by atoms with Gasteiger partial charge in [-0.15, -0.1) is 0 Å². The highest BCUT2D eigenvalue weighted by Gasteiger charge is 2.28. The molecule has 3 rings (SSSR count). The fourth-order valence-electron chi connectivity index (χ4n) is 3.77. The summed E-state index contributed by atoms with van der Waals surface area (Å²) < 4.78 is 31.8. The van der Waals surface area contributed by atoms with Gasteiger partial charge in [-0.25, -0.2) is 13.6 Å². The second-order valence-electron chi connectivity index (χ2n) is 8.35. The van der Waals surface area contributed by atoms with Crippen molar-refractivity contribution in [3.05, 3.63) is 47.2 Å². The molecule has 1 saturated carbocycles. The van der Waals surface area contributed by atoms with E-state index in [0.29, 0.717) is 19.0 Å². The average molecular weight is 450 g/mol. The Morgan fingerprint density at radius 1 is 1.25 bits per heavy atom. The van der Waals surface area contributed by atoms with E-state index in [-0.39, 0.29) is 36.3 Å². The van der Waals surface area contributed by atoms with Crippen LogP contribution in [0.25, 0.3) is 0 Å². The molecule has 8 nitrogen and oxygen atoms in total. The van der Waals surface area contributed by atoms with Crippen LogP contribution in [0.4, 0.5) is 19.4 Å². The zero-order valence-corrected chi connectivity index (χ0v) is 17.9. The van der Waals surface area contributed by atoms with E-state index in [4.69, 9.17) is 9.84 Å². The van der Waals surface area contributed by atoms with Crippen LogP contribution in [0, 0.1) is 23.5 Å². The Labute approximate surface area is 184 Å². The van der Waals surface area contributed by atoms with Gasteiger partial charge in [-0.1, -0.05) is 6.92 Å². The highest BCUT2D eigenvalue weighted by Crippen LogP contribution is 2.38. The van der Waals surface area contributed by atoms with Crippen LogP contribution in [0.1, 0.15) is 43.4 Å². The summed E-state index contributed by atoms with van der Waals surface area (Å²) in [6.45, 7) is 2.50. The topological polar surface area (TPSA) is 116 Å². The SMILES string of the molecule is CC(CO)CNC(=O)OCC1CC[C@H](c2cc(NC(=O)Cc3cc(F)cc(F)c3)n[nH]2)C1. The lowest BCUT2D eigenvalue weighted by Crippen LogP contribution is -2.31. The summed E-state index contributed by atoms with van der Waals surface area (Å²) in [5.41, 5.74) is 1.12. The number of nitrogens with one attached hydrogen (secondary N) is 3. The van der Waals surface area contributed by atoms with Gasteiger partial charge < -0.3 is 20.5 Å². The van der Waals surface area contributed by atoms with Gasteiger partial charge in [-0.05, 0) is 48.8 Å². The number of hydrogen-bond donors (Lipinski definition) is 4. The first-order chi connectivity index (χ1) is 15.3. The largest absolute Gasteiger partial charge is 0.449 e. The molecule has 4 N–H and O–H groups in total. The van der Waals surface area contributed by atoms with E-state index in [9.17, 15) is 18.4 Å². The molecule has 1 aliphatic carbocycles. The number of hydrogen-bond acceptors (Lipinski definition) is 5. The molecule has 1 aliphatic rings. The van der Waals surface area contributed by atoms with Crippen molar-refractivity contribution in [1.29, 1.82) is 0 Å². The number of aliphatic hydroxyl groups is 1. The van der Waals surface area contributed by atoms with Crippen LogP contribution in [-0.4, -0.2) is 47.1 Å². The second kappa shape index (κ2) is 11.0. The van der Waals surface area contributed by atoms with Crippen molar-refractivity contribution in [3.63, 3.8) is 0 Å². The molecule has 0 radical (unpaired) electrons. The normalized spacial score (nSPS) is 18.9. The van der Waals surface area contributed by atoms with E-state index in [1.807, 2.05) is 6.92 Å². The molecular formula is C22H28F2N4O4. The van der Waals surface area contributed by atoms with Gasteiger partial charge in [-0.3, -0.25) is 9.89 Å². The lowest BCUT2D eigenvalue weighted by atomic mass is 10.0. The van der Waals surface area contributed by atoms with E-state index >= 15 is 0 Å². The number of aliphatic hydroxyl groups excluding tert-OH is 1. The first-order valence-corrected chi connectivity index (χ1v) is 10.6. The summed E-state index contributed by atoms with van der Waals surface area (Å²) >= 11 is 0. The van der Waals surface area contributed by atoms with Gasteiger partial charge in [0.1, 0.15) is 11.6 Å². The Hall–Kier alpha value is -3.01. The van der Waals surface area contributed by atoms with Gasteiger partial charge >= 0.3 is 6.09 Å². The van der Waals surface area contributed by atoms with E-state index in [1.54, 1.807) is 6.07 Å². The molecule has 0 bridgehead atoms. The maximum Gasteiger partial charge on any atom is 0.407 e. The molecule has 2 amide bonds. The molecule has 0 aliphatic heterocycles. The van der Waals surface area contributed by atoms with Crippen molar-refractivity contribution in [2.24, 2.45) is 11.8 Å². The predicted molar refractivity (Wildman–Crippen MR) is 113 cm³/mol. The number of amides is 2. The quantitative estimate of drug-likeness (QED) is 0.469. The number of benzene rings is 1. The fourth-order valence-corrected chi connectivity index (χ4v) is 3.77. The van der Waals surface area contributed by atoms with E-state index in [0.717, 1.165) is 43.2 Å². The lowest BCUT2D eigenvalue weighted by molar-refractivity contribution is -0.115. The van der Waals surface area contributed by atoms with Gasteiger partial charge in [0, 0.05) is 36.9 Å². The summed E-state index contributed by atoms with van der Waals surface area (Å²) in [6, 6.07) is 4.74. The molecule has 32 heavy (non-hydrogen) atoms. The van der Waals surface area contributed by atoms with Crippen LogP contribution >= 0.6 is 0 Å². The average Bonchev–Trinajstić information content (AvgIpc) is 3.39. The van der Waals surface area contributed by atoms with E-state index in [2.05, 4.69) is 20.8 Å². The van der Waals surface area contributed by atoms with Crippen molar-refractivity contribution < 1.29 is 28.2 Å². The molecular weight excluding hydrogens is 422 g/mol. The Balaban J connectivity index is 1.43. The third-order valence-corrected chi connectivity index (χ3v) is 5.49. The van der Waals surface area contributed by atoms with E-state index in [1.165, 1.54) is 0 Å². The Morgan fingerprint density at radius 2 is 2.00 bits per heavy atom. The van der Waals surface area contributed by atoms with Crippen LogP contribution in [0.3, 0.4) is 0 Å². The van der Waals surface area contributed by atoms with Gasteiger partial charge in [0.05, 0.1) is 13.0 Å². The molecule has 3 atom stereocenters. The van der Waals surface area contributed by atoms with Crippen LogP contribution in [0.2, 0.25) is 0 Å². The summed E-state index contributed by atoms with van der Waals surface area (Å²) in [5.74, 6) is -1.13. The molecule has 1 fully saturated rings. The monoisotopic (exact) mass is 450 g/mol. The standard InChI is InChI=1S/C22H28F2N4O4/c1-13(11-29)10-25-22(31)32-12-14-2-3-16(4-14)19-9-20(28-27-19)26-21(30)7-15-5-17(23)8-18(24)6-15/h5-6,8-9,13-14,16,29H,2-4,7,10-12H2,1H3,(H,25,31)(H2,26,27,28,30)/t13?,14?,16-/m0/s1. The number of alkyl carbamates (subject to hydrolysis) is 1. The van der Waals surface area contributed by atoms with Crippen LogP contribution in [0.15, 0.2) is 24.3 Å². The van der Waals surface area contributed by atoms with Crippen molar-refractivity contribution in [1.82, 2.24) is 15.5 Å². The summed E-state index contributed by atoms with van der Waals surface area (Å²) in [4.78, 5) is 23.9. The Bertz CT molecular complexity index is 916. The van der Waals surface area contributed by atoms with Crippen LogP contribution in [-0.2, 0) is 16.0 Å². The predicted octanol–water partition coefficient (Wildman–Crippen LogP) is 3.11. The first kappa shape index (κ1) is 23.6. The summed E-state index contributed by atoms with van der Waals surface area (Å²) in [7, 11) is 0. The number of carbonyl (C=O) groups is 2. The molecule has 2 unspecified atom stereocenters. The fraction of sp³-hybridized carbons (Fsp3) is 0.500. The number of aromatic nitrogens is 2. The van der Waals surface area contributed by atoms with Gasteiger partial charge in [0.25, 0.3) is 0 Å². The summed E-state index contributed by atoms with van der Waals surface area (Å²) in [6.07, 6.45) is 1.96. The molecule has 0 spiro atoms. The third kappa shape index (κ3) is 7.01. The number of H-pyrrole nitrogens is 1. The molecule has 0 saturated heterocycles. The molecule has 1 aromatic heterocycles. The number of nitrogens with zero attached hydrogens (tertiary/aromatic N) is 1. The highest BCUT2D eigenvalue weighted by atomic mass is 19.1. The number of halogens is 2.